The summed E-state index contributed by atoms with van der Waals surface area (Å²) in [5, 5.41) is 0. The topological polar surface area (TPSA) is 12.9 Å². The Morgan fingerprint density at radius 1 is 0.810 bits per heavy atom. The Morgan fingerprint density at radius 3 is 1.76 bits per heavy atom. The molecule has 1 nitrogen and oxygen atoms in total. The summed E-state index contributed by atoms with van der Waals surface area (Å²) >= 11 is 1.67. The molecule has 2 rings (SSSR count). The Morgan fingerprint density at radius 2 is 1.33 bits per heavy atom. The van der Waals surface area contributed by atoms with Gasteiger partial charge in [-0.05, 0) is 40.8 Å². The third kappa shape index (κ3) is 3.66. The van der Waals surface area contributed by atoms with Gasteiger partial charge in [-0.2, -0.15) is 26.3 Å². The molecule has 2 aromatic rings. The summed E-state index contributed by atoms with van der Waals surface area (Å²) in [6.07, 6.45) is -8.31. The van der Waals surface area contributed by atoms with E-state index in [1.54, 1.807) is 22.6 Å². The molecule has 1 aromatic carbocycles. The minimum absolute atomic E-state index is 0.206. The maximum Gasteiger partial charge on any atom is 0.417 e. The number of hydrogen-bond donors (Lipinski definition) is 0. The highest BCUT2D eigenvalue weighted by Crippen LogP contribution is 2.34. The van der Waals surface area contributed by atoms with Crippen LogP contribution in [0.2, 0.25) is 0 Å². The zero-order chi connectivity index (χ0) is 15.8. The van der Waals surface area contributed by atoms with Crippen molar-refractivity contribution in [3.05, 3.63) is 51.2 Å². The monoisotopic (exact) mass is 417 g/mol. The molecule has 0 saturated carbocycles. The number of benzene rings is 1. The van der Waals surface area contributed by atoms with Crippen LogP contribution in [0.15, 0.2) is 36.5 Å². The smallest absolute Gasteiger partial charge is 0.255 e. The summed E-state index contributed by atoms with van der Waals surface area (Å²) in [4.78, 5) is 3.70. The molecular formula is C13H6F6IN. The molecule has 0 bridgehead atoms. The SMILES string of the molecule is FC(F)(F)c1ccc(-c2ncc(C(F)(F)F)cc2I)cc1. The number of aromatic nitrogens is 1. The first-order chi connectivity index (χ1) is 9.59. The van der Waals surface area contributed by atoms with E-state index in [0.717, 1.165) is 18.2 Å². The highest BCUT2D eigenvalue weighted by Gasteiger charge is 2.32. The Hall–Kier alpha value is -1.32. The number of alkyl halides is 6. The van der Waals surface area contributed by atoms with Crippen LogP contribution in [0.1, 0.15) is 11.1 Å². The van der Waals surface area contributed by atoms with E-state index in [9.17, 15) is 26.3 Å². The minimum Gasteiger partial charge on any atom is -0.255 e. The van der Waals surface area contributed by atoms with Gasteiger partial charge < -0.3 is 0 Å². The fourth-order valence-corrected chi connectivity index (χ4v) is 2.41. The molecule has 0 N–H and O–H groups in total. The van der Waals surface area contributed by atoms with E-state index in [4.69, 9.17) is 0 Å². The molecule has 0 aliphatic heterocycles. The van der Waals surface area contributed by atoms with E-state index in [-0.39, 0.29) is 9.26 Å². The van der Waals surface area contributed by atoms with Crippen LogP contribution in [0.4, 0.5) is 26.3 Å². The van der Waals surface area contributed by atoms with Crippen LogP contribution in [0.5, 0.6) is 0 Å². The van der Waals surface area contributed by atoms with Crippen molar-refractivity contribution < 1.29 is 26.3 Å². The lowest BCUT2D eigenvalue weighted by Crippen LogP contribution is -2.07. The lowest BCUT2D eigenvalue weighted by molar-refractivity contribution is -0.138. The van der Waals surface area contributed by atoms with Crippen LogP contribution < -0.4 is 0 Å². The largest absolute Gasteiger partial charge is 0.417 e. The van der Waals surface area contributed by atoms with Crippen LogP contribution in [0.25, 0.3) is 11.3 Å². The summed E-state index contributed by atoms with van der Waals surface area (Å²) < 4.78 is 75.1. The zero-order valence-corrected chi connectivity index (χ0v) is 12.2. The molecule has 0 fully saturated rings. The van der Waals surface area contributed by atoms with Crippen LogP contribution in [0, 0.1) is 3.57 Å². The van der Waals surface area contributed by atoms with E-state index >= 15 is 0 Å². The van der Waals surface area contributed by atoms with Gasteiger partial charge in [0.05, 0.1) is 16.8 Å². The van der Waals surface area contributed by atoms with Crippen molar-refractivity contribution >= 4 is 22.6 Å². The quantitative estimate of drug-likeness (QED) is 0.448. The summed E-state index contributed by atoms with van der Waals surface area (Å²) in [7, 11) is 0. The average Bonchev–Trinajstić information content (AvgIpc) is 2.36. The van der Waals surface area contributed by atoms with Gasteiger partial charge in [0.2, 0.25) is 0 Å². The van der Waals surface area contributed by atoms with Crippen LogP contribution >= 0.6 is 22.6 Å². The number of pyridine rings is 1. The molecule has 0 spiro atoms. The molecule has 1 heterocycles. The van der Waals surface area contributed by atoms with Crippen molar-refractivity contribution in [2.24, 2.45) is 0 Å². The molecular weight excluding hydrogens is 411 g/mol. The van der Waals surface area contributed by atoms with Gasteiger partial charge >= 0.3 is 12.4 Å². The Bertz CT molecular complexity index is 645. The van der Waals surface area contributed by atoms with Gasteiger partial charge in [0.1, 0.15) is 0 Å². The van der Waals surface area contributed by atoms with E-state index in [1.807, 2.05) is 0 Å². The summed E-state index contributed by atoms with van der Waals surface area (Å²) in [5.41, 5.74) is -1.20. The number of halogens is 7. The second kappa shape index (κ2) is 5.47. The van der Waals surface area contributed by atoms with Crippen molar-refractivity contribution in [1.82, 2.24) is 4.98 Å². The normalized spacial score (nSPS) is 12.5. The molecule has 0 aliphatic carbocycles. The Labute approximate surface area is 129 Å². The first-order valence-electron chi connectivity index (χ1n) is 5.49. The number of rotatable bonds is 1. The molecule has 0 amide bonds. The third-order valence-corrected chi connectivity index (χ3v) is 3.48. The molecule has 8 heteroatoms. The molecule has 0 radical (unpaired) electrons. The average molecular weight is 417 g/mol. The third-order valence-electron chi connectivity index (χ3n) is 2.65. The second-order valence-electron chi connectivity index (χ2n) is 4.13. The van der Waals surface area contributed by atoms with Crippen LogP contribution in [0.3, 0.4) is 0 Å². The number of nitrogens with zero attached hydrogens (tertiary/aromatic N) is 1. The van der Waals surface area contributed by atoms with Crippen molar-refractivity contribution in [2.45, 2.75) is 12.4 Å². The second-order valence-corrected chi connectivity index (χ2v) is 5.29. The fourth-order valence-electron chi connectivity index (χ4n) is 1.62. The van der Waals surface area contributed by atoms with Gasteiger partial charge in [0.25, 0.3) is 0 Å². The maximum atomic E-state index is 12.5. The van der Waals surface area contributed by atoms with Gasteiger partial charge in [0, 0.05) is 15.3 Å². The number of hydrogen-bond acceptors (Lipinski definition) is 1. The predicted octanol–water partition coefficient (Wildman–Crippen LogP) is 5.39. The van der Waals surface area contributed by atoms with Gasteiger partial charge in [0.15, 0.2) is 0 Å². The lowest BCUT2D eigenvalue weighted by Gasteiger charge is -2.10. The highest BCUT2D eigenvalue weighted by molar-refractivity contribution is 14.1. The van der Waals surface area contributed by atoms with Crippen LogP contribution in [-0.4, -0.2) is 4.98 Å². The van der Waals surface area contributed by atoms with Gasteiger partial charge in [-0.1, -0.05) is 12.1 Å². The molecule has 112 valence electrons. The van der Waals surface area contributed by atoms with E-state index < -0.39 is 23.5 Å². The minimum atomic E-state index is -4.51. The van der Waals surface area contributed by atoms with Gasteiger partial charge in [-0.3, -0.25) is 4.98 Å². The Balaban J connectivity index is 2.39. The summed E-state index contributed by atoms with van der Waals surface area (Å²) in [6.45, 7) is 0. The molecule has 1 aromatic heterocycles. The van der Waals surface area contributed by atoms with Crippen molar-refractivity contribution in [3.8, 4) is 11.3 Å². The lowest BCUT2D eigenvalue weighted by atomic mass is 10.1. The first kappa shape index (κ1) is 16.1. The van der Waals surface area contributed by atoms with Crippen molar-refractivity contribution in [3.63, 3.8) is 0 Å². The van der Waals surface area contributed by atoms with Crippen molar-refractivity contribution in [1.29, 1.82) is 0 Å². The summed E-state index contributed by atoms with van der Waals surface area (Å²) in [6, 6.07) is 5.00. The fraction of sp³-hybridized carbons (Fsp3) is 0.154. The first-order valence-corrected chi connectivity index (χ1v) is 6.57. The molecule has 0 atom stereocenters. The van der Waals surface area contributed by atoms with Gasteiger partial charge in [-0.25, -0.2) is 0 Å². The van der Waals surface area contributed by atoms with E-state index in [2.05, 4.69) is 4.98 Å². The van der Waals surface area contributed by atoms with E-state index in [1.165, 1.54) is 12.1 Å². The molecule has 0 unspecified atom stereocenters. The molecule has 0 saturated heterocycles. The van der Waals surface area contributed by atoms with Crippen molar-refractivity contribution in [2.75, 3.05) is 0 Å². The molecule has 21 heavy (non-hydrogen) atoms. The van der Waals surface area contributed by atoms with Crippen LogP contribution in [-0.2, 0) is 12.4 Å². The maximum absolute atomic E-state index is 12.5. The predicted molar refractivity (Wildman–Crippen MR) is 72.4 cm³/mol. The van der Waals surface area contributed by atoms with E-state index in [0.29, 0.717) is 11.8 Å². The van der Waals surface area contributed by atoms with Gasteiger partial charge in [-0.15, -0.1) is 0 Å². The summed E-state index contributed by atoms with van der Waals surface area (Å²) in [5.74, 6) is 0. The zero-order valence-electron chi connectivity index (χ0n) is 10.1. The Kier molecular flexibility index (Phi) is 4.18. The molecule has 0 aliphatic rings. The standard InChI is InChI=1S/C13H6F6IN/c14-12(15,16)8-3-1-7(2-4-8)11-10(20)5-9(6-21-11)13(17,18)19/h1-6H. The highest BCUT2D eigenvalue weighted by atomic mass is 127.